The Bertz CT molecular complexity index is 760. The molecule has 0 bridgehead atoms. The Labute approximate surface area is 124 Å². The van der Waals surface area contributed by atoms with Crippen LogP contribution >= 0.6 is 0 Å². The van der Waals surface area contributed by atoms with Crippen LogP contribution in [0.15, 0.2) is 21.6 Å². The summed E-state index contributed by atoms with van der Waals surface area (Å²) in [4.78, 5) is 0.201. The number of aromatic nitrogens is 1. The van der Waals surface area contributed by atoms with Crippen LogP contribution in [0, 0.1) is 27.7 Å². The van der Waals surface area contributed by atoms with Crippen LogP contribution in [-0.2, 0) is 16.6 Å². The fraction of sp³-hybridized carbons (Fsp3) is 0.357. The summed E-state index contributed by atoms with van der Waals surface area (Å²) in [5, 5.41) is 3.81. The summed E-state index contributed by atoms with van der Waals surface area (Å²) in [5.41, 5.74) is 9.08. The van der Waals surface area contributed by atoms with E-state index in [1.807, 2.05) is 6.92 Å². The van der Waals surface area contributed by atoms with Gasteiger partial charge in [0.05, 0.1) is 10.6 Å². The number of hydrogen-bond donors (Lipinski definition) is 2. The van der Waals surface area contributed by atoms with Gasteiger partial charge in [-0.25, -0.2) is 13.1 Å². The van der Waals surface area contributed by atoms with E-state index in [-0.39, 0.29) is 11.4 Å². The maximum absolute atomic E-state index is 12.5. The molecule has 0 amide bonds. The molecule has 21 heavy (non-hydrogen) atoms. The molecule has 0 saturated heterocycles. The molecular weight excluding hydrogens is 290 g/mol. The largest absolute Gasteiger partial charge is 0.398 e. The second-order valence-corrected chi connectivity index (χ2v) is 6.84. The Morgan fingerprint density at radius 3 is 2.48 bits per heavy atom. The van der Waals surface area contributed by atoms with E-state index in [9.17, 15) is 8.42 Å². The van der Waals surface area contributed by atoms with Gasteiger partial charge in [0.25, 0.3) is 0 Å². The molecule has 0 saturated carbocycles. The topological polar surface area (TPSA) is 98.2 Å². The molecule has 3 N–H and O–H groups in total. The molecule has 1 heterocycles. The van der Waals surface area contributed by atoms with E-state index >= 15 is 0 Å². The van der Waals surface area contributed by atoms with Crippen molar-refractivity contribution in [3.8, 4) is 0 Å². The van der Waals surface area contributed by atoms with Gasteiger partial charge in [-0.3, -0.25) is 0 Å². The van der Waals surface area contributed by atoms with Gasteiger partial charge in [-0.1, -0.05) is 5.16 Å². The van der Waals surface area contributed by atoms with E-state index in [1.54, 1.807) is 32.9 Å². The van der Waals surface area contributed by atoms with Gasteiger partial charge in [0.15, 0.2) is 0 Å². The van der Waals surface area contributed by atoms with Crippen molar-refractivity contribution < 1.29 is 12.9 Å². The number of nitrogens with one attached hydrogen (secondary N) is 1. The Hall–Kier alpha value is -1.86. The normalized spacial score (nSPS) is 11.8. The summed E-state index contributed by atoms with van der Waals surface area (Å²) in [7, 11) is -3.64. The first-order valence-corrected chi connectivity index (χ1v) is 7.99. The van der Waals surface area contributed by atoms with Gasteiger partial charge in [-0.15, -0.1) is 0 Å². The highest BCUT2D eigenvalue weighted by Gasteiger charge is 2.20. The zero-order chi connectivity index (χ0) is 15.8. The Kier molecular flexibility index (Phi) is 4.06. The lowest BCUT2D eigenvalue weighted by Crippen LogP contribution is -2.25. The molecule has 0 radical (unpaired) electrons. The maximum atomic E-state index is 12.5. The zero-order valence-electron chi connectivity index (χ0n) is 12.5. The molecule has 2 aromatic rings. The van der Waals surface area contributed by atoms with Crippen LogP contribution in [0.3, 0.4) is 0 Å². The molecule has 0 aliphatic rings. The number of benzene rings is 1. The molecule has 0 aliphatic carbocycles. The van der Waals surface area contributed by atoms with E-state index in [0.717, 1.165) is 11.1 Å². The minimum Gasteiger partial charge on any atom is -0.398 e. The summed E-state index contributed by atoms with van der Waals surface area (Å²) >= 11 is 0. The Morgan fingerprint density at radius 1 is 1.24 bits per heavy atom. The van der Waals surface area contributed by atoms with Gasteiger partial charge in [0, 0.05) is 17.8 Å². The van der Waals surface area contributed by atoms with Gasteiger partial charge < -0.3 is 10.3 Å². The quantitative estimate of drug-likeness (QED) is 0.841. The van der Waals surface area contributed by atoms with Crippen LogP contribution in [0.5, 0.6) is 0 Å². The number of nitrogens with zero attached hydrogens (tertiary/aromatic N) is 1. The van der Waals surface area contributed by atoms with Crippen molar-refractivity contribution in [1.29, 1.82) is 0 Å². The number of nitrogen functional groups attached to an aromatic ring is 1. The highest BCUT2D eigenvalue weighted by molar-refractivity contribution is 7.89. The van der Waals surface area contributed by atoms with Crippen molar-refractivity contribution in [2.75, 3.05) is 5.73 Å². The number of nitrogens with two attached hydrogens (primary N) is 1. The monoisotopic (exact) mass is 309 g/mol. The molecule has 0 unspecified atom stereocenters. The fourth-order valence-corrected chi connectivity index (χ4v) is 3.48. The molecular formula is C14H19N3O3S. The van der Waals surface area contributed by atoms with Crippen molar-refractivity contribution in [2.24, 2.45) is 0 Å². The second-order valence-electron chi connectivity index (χ2n) is 5.10. The van der Waals surface area contributed by atoms with Gasteiger partial charge in [0.1, 0.15) is 5.76 Å². The molecule has 114 valence electrons. The average molecular weight is 309 g/mol. The first kappa shape index (κ1) is 15.5. The van der Waals surface area contributed by atoms with Crippen LogP contribution in [0.1, 0.15) is 28.1 Å². The van der Waals surface area contributed by atoms with E-state index in [0.29, 0.717) is 22.7 Å². The van der Waals surface area contributed by atoms with E-state index < -0.39 is 10.0 Å². The molecule has 1 aromatic heterocycles. The highest BCUT2D eigenvalue weighted by Crippen LogP contribution is 2.23. The zero-order valence-corrected chi connectivity index (χ0v) is 13.3. The molecule has 6 nitrogen and oxygen atoms in total. The maximum Gasteiger partial charge on any atom is 0.241 e. The third-order valence-corrected chi connectivity index (χ3v) is 4.98. The van der Waals surface area contributed by atoms with Crippen LogP contribution in [0.2, 0.25) is 0 Å². The molecule has 1 aromatic carbocycles. The van der Waals surface area contributed by atoms with Crippen LogP contribution < -0.4 is 10.5 Å². The fourth-order valence-electron chi connectivity index (χ4n) is 2.13. The molecule has 7 heteroatoms. The first-order chi connectivity index (χ1) is 9.72. The SMILES string of the molecule is Cc1cc(N)c(C)c(S(=O)(=O)NCc2c(C)noc2C)c1. The summed E-state index contributed by atoms with van der Waals surface area (Å²) in [6.45, 7) is 7.16. The van der Waals surface area contributed by atoms with Crippen molar-refractivity contribution in [2.45, 2.75) is 39.1 Å². The number of anilines is 1. The third-order valence-electron chi connectivity index (χ3n) is 3.45. The summed E-state index contributed by atoms with van der Waals surface area (Å²) in [6, 6.07) is 3.37. The molecule has 0 atom stereocenters. The Morgan fingerprint density at radius 2 is 1.90 bits per heavy atom. The van der Waals surface area contributed by atoms with Gasteiger partial charge in [0.2, 0.25) is 10.0 Å². The summed E-state index contributed by atoms with van der Waals surface area (Å²) in [5.74, 6) is 0.607. The first-order valence-electron chi connectivity index (χ1n) is 6.50. The minimum absolute atomic E-state index is 0.136. The number of rotatable bonds is 4. The molecule has 0 aliphatic heterocycles. The lowest BCUT2D eigenvalue weighted by molar-refractivity contribution is 0.392. The smallest absolute Gasteiger partial charge is 0.241 e. The van der Waals surface area contributed by atoms with Crippen molar-refractivity contribution in [1.82, 2.24) is 9.88 Å². The van der Waals surface area contributed by atoms with E-state index in [1.165, 1.54) is 0 Å². The standard InChI is InChI=1S/C14H19N3O3S/c1-8-5-13(15)9(2)14(6-8)21(18,19)16-7-12-10(3)17-20-11(12)4/h5-6,16H,7,15H2,1-4H3. The van der Waals surface area contributed by atoms with Gasteiger partial charge >= 0.3 is 0 Å². The highest BCUT2D eigenvalue weighted by atomic mass is 32.2. The van der Waals surface area contributed by atoms with Crippen LogP contribution in [0.25, 0.3) is 0 Å². The number of hydrogen-bond acceptors (Lipinski definition) is 5. The third kappa shape index (κ3) is 3.08. The lowest BCUT2D eigenvalue weighted by Gasteiger charge is -2.12. The minimum atomic E-state index is -3.64. The van der Waals surface area contributed by atoms with Crippen LogP contribution in [-0.4, -0.2) is 13.6 Å². The average Bonchev–Trinajstić information content (AvgIpc) is 2.71. The molecule has 0 fully saturated rings. The summed E-state index contributed by atoms with van der Waals surface area (Å²) in [6.07, 6.45) is 0. The van der Waals surface area contributed by atoms with Gasteiger partial charge in [-0.2, -0.15) is 0 Å². The van der Waals surface area contributed by atoms with Crippen molar-refractivity contribution >= 4 is 15.7 Å². The second kappa shape index (κ2) is 5.50. The van der Waals surface area contributed by atoms with Gasteiger partial charge in [-0.05, 0) is 51.0 Å². The van der Waals surface area contributed by atoms with E-state index in [4.69, 9.17) is 10.3 Å². The van der Waals surface area contributed by atoms with Crippen molar-refractivity contribution in [3.63, 3.8) is 0 Å². The molecule has 2 rings (SSSR count). The lowest BCUT2D eigenvalue weighted by atomic mass is 10.1. The van der Waals surface area contributed by atoms with E-state index in [2.05, 4.69) is 9.88 Å². The Balaban J connectivity index is 2.32. The predicted molar refractivity (Wildman–Crippen MR) is 80.3 cm³/mol. The number of sulfonamides is 1. The van der Waals surface area contributed by atoms with Crippen LogP contribution in [0.4, 0.5) is 5.69 Å². The predicted octanol–water partition coefficient (Wildman–Crippen LogP) is 1.97. The van der Waals surface area contributed by atoms with Crippen molar-refractivity contribution in [3.05, 3.63) is 40.3 Å². The number of aryl methyl sites for hydroxylation is 3. The summed E-state index contributed by atoms with van der Waals surface area (Å²) < 4.78 is 32.5. The molecule has 0 spiro atoms.